The van der Waals surface area contributed by atoms with Crippen LogP contribution < -0.4 is 5.32 Å². The molecule has 0 aromatic carbocycles. The number of carbonyl (C=O) groups excluding carboxylic acids is 1. The smallest absolute Gasteiger partial charge is 0.215 e. The summed E-state index contributed by atoms with van der Waals surface area (Å²) in [7, 11) is 2.05. The number of amides is 1. The summed E-state index contributed by atoms with van der Waals surface area (Å²) < 4.78 is 0. The molecule has 0 aromatic rings. The quantitative estimate of drug-likeness (QED) is 0.765. The molecule has 0 aliphatic carbocycles. The largest absolute Gasteiger partial charge is 0.356 e. The van der Waals surface area contributed by atoms with Gasteiger partial charge in [-0.1, -0.05) is 47.5 Å². The summed E-state index contributed by atoms with van der Waals surface area (Å²) in [6, 6.07) is 0. The Labute approximate surface area is 114 Å². The standard InChI is InChI=1S/C15H30BNO/c1-6-7-8-14(2,3)12-10-17-13(18)11(16)9-15(12,4)5/h11-12H,6-10,16H2,1-5H3,(H,17,18). The zero-order chi connectivity index (χ0) is 14.0. The van der Waals surface area contributed by atoms with Crippen LogP contribution in [0.5, 0.6) is 0 Å². The first-order valence-corrected chi connectivity index (χ1v) is 7.48. The Kier molecular flexibility index (Phi) is 4.91. The van der Waals surface area contributed by atoms with Gasteiger partial charge in [0.15, 0.2) is 0 Å². The van der Waals surface area contributed by atoms with Gasteiger partial charge in [0.2, 0.25) is 5.91 Å². The van der Waals surface area contributed by atoms with E-state index >= 15 is 0 Å². The predicted molar refractivity (Wildman–Crippen MR) is 80.5 cm³/mol. The molecule has 1 saturated heterocycles. The molecular weight excluding hydrogens is 221 g/mol. The van der Waals surface area contributed by atoms with Gasteiger partial charge < -0.3 is 5.32 Å². The van der Waals surface area contributed by atoms with Crippen molar-refractivity contribution in [3.8, 4) is 0 Å². The molecule has 0 spiro atoms. The molecule has 0 radical (unpaired) electrons. The van der Waals surface area contributed by atoms with Crippen molar-refractivity contribution >= 4 is 13.8 Å². The summed E-state index contributed by atoms with van der Waals surface area (Å²) in [6.45, 7) is 12.5. The molecule has 3 heteroatoms. The van der Waals surface area contributed by atoms with Crippen molar-refractivity contribution in [2.75, 3.05) is 6.54 Å². The van der Waals surface area contributed by atoms with Crippen molar-refractivity contribution in [2.45, 2.75) is 66.1 Å². The van der Waals surface area contributed by atoms with Gasteiger partial charge in [-0.05, 0) is 29.6 Å². The molecule has 1 aliphatic rings. The predicted octanol–water partition coefficient (Wildman–Crippen LogP) is 2.79. The van der Waals surface area contributed by atoms with E-state index < -0.39 is 0 Å². The molecule has 1 heterocycles. The van der Waals surface area contributed by atoms with Gasteiger partial charge in [-0.25, -0.2) is 0 Å². The lowest BCUT2D eigenvalue weighted by Gasteiger charge is -2.44. The highest BCUT2D eigenvalue weighted by Gasteiger charge is 2.43. The molecule has 2 atom stereocenters. The molecule has 1 fully saturated rings. The molecule has 0 aromatic heterocycles. The Morgan fingerprint density at radius 1 is 1.44 bits per heavy atom. The summed E-state index contributed by atoms with van der Waals surface area (Å²) in [5.41, 5.74) is 0.534. The maximum Gasteiger partial charge on any atom is 0.215 e. The third kappa shape index (κ3) is 3.52. The van der Waals surface area contributed by atoms with Gasteiger partial charge in [0, 0.05) is 12.4 Å². The van der Waals surface area contributed by atoms with Crippen LogP contribution in [0.1, 0.15) is 60.3 Å². The summed E-state index contributed by atoms with van der Waals surface area (Å²) in [5.74, 6) is 0.939. The van der Waals surface area contributed by atoms with E-state index in [0.29, 0.717) is 11.3 Å². The highest BCUT2D eigenvalue weighted by molar-refractivity contribution is 6.23. The van der Waals surface area contributed by atoms with Crippen molar-refractivity contribution in [3.63, 3.8) is 0 Å². The maximum atomic E-state index is 11.9. The van der Waals surface area contributed by atoms with Crippen molar-refractivity contribution in [1.29, 1.82) is 0 Å². The van der Waals surface area contributed by atoms with Crippen LogP contribution in [0.2, 0.25) is 5.82 Å². The van der Waals surface area contributed by atoms with Gasteiger partial charge in [-0.2, -0.15) is 0 Å². The Morgan fingerprint density at radius 2 is 2.06 bits per heavy atom. The van der Waals surface area contributed by atoms with Crippen LogP contribution in [-0.4, -0.2) is 20.3 Å². The van der Waals surface area contributed by atoms with E-state index in [-0.39, 0.29) is 17.1 Å². The first-order chi connectivity index (χ1) is 8.20. The molecular formula is C15H30BNO. The lowest BCUT2D eigenvalue weighted by molar-refractivity contribution is -0.120. The molecule has 104 valence electrons. The van der Waals surface area contributed by atoms with Crippen LogP contribution >= 0.6 is 0 Å². The lowest BCUT2D eigenvalue weighted by Crippen LogP contribution is -2.41. The molecule has 1 N–H and O–H groups in total. The van der Waals surface area contributed by atoms with Crippen LogP contribution in [-0.2, 0) is 4.79 Å². The summed E-state index contributed by atoms with van der Waals surface area (Å²) in [5, 5.41) is 3.14. The van der Waals surface area contributed by atoms with Crippen LogP contribution in [0.3, 0.4) is 0 Å². The van der Waals surface area contributed by atoms with Gasteiger partial charge in [0.05, 0.1) is 0 Å². The first-order valence-electron chi connectivity index (χ1n) is 7.48. The van der Waals surface area contributed by atoms with E-state index in [1.165, 1.54) is 19.3 Å². The van der Waals surface area contributed by atoms with Crippen molar-refractivity contribution in [2.24, 2.45) is 16.7 Å². The number of carbonyl (C=O) groups is 1. The van der Waals surface area contributed by atoms with Crippen LogP contribution in [0, 0.1) is 16.7 Å². The van der Waals surface area contributed by atoms with Crippen LogP contribution in [0.25, 0.3) is 0 Å². The second-order valence-electron chi connectivity index (χ2n) is 7.48. The van der Waals surface area contributed by atoms with Crippen molar-refractivity contribution in [3.05, 3.63) is 0 Å². The number of hydrogen-bond acceptors (Lipinski definition) is 1. The lowest BCUT2D eigenvalue weighted by atomic mass is 9.60. The monoisotopic (exact) mass is 251 g/mol. The topological polar surface area (TPSA) is 29.1 Å². The summed E-state index contributed by atoms with van der Waals surface area (Å²) in [4.78, 5) is 11.9. The van der Waals surface area contributed by atoms with E-state index in [1.807, 2.05) is 0 Å². The minimum absolute atomic E-state index is 0.145. The van der Waals surface area contributed by atoms with E-state index in [9.17, 15) is 4.79 Å². The number of rotatable bonds is 4. The third-order valence-corrected chi connectivity index (χ3v) is 4.82. The molecule has 1 rings (SSSR count). The molecule has 1 aliphatic heterocycles. The fourth-order valence-electron chi connectivity index (χ4n) is 3.82. The Morgan fingerprint density at radius 3 is 2.61 bits per heavy atom. The zero-order valence-corrected chi connectivity index (χ0v) is 13.1. The minimum Gasteiger partial charge on any atom is -0.356 e. The van der Waals surface area contributed by atoms with Gasteiger partial charge in [0.1, 0.15) is 7.85 Å². The van der Waals surface area contributed by atoms with Crippen molar-refractivity contribution in [1.82, 2.24) is 5.32 Å². The molecule has 0 saturated carbocycles. The van der Waals surface area contributed by atoms with Gasteiger partial charge in [0.25, 0.3) is 0 Å². The molecule has 2 nitrogen and oxygen atoms in total. The van der Waals surface area contributed by atoms with E-state index in [4.69, 9.17) is 0 Å². The number of hydrogen-bond donors (Lipinski definition) is 1. The second kappa shape index (κ2) is 5.67. The fraction of sp³-hybridized carbons (Fsp3) is 0.933. The molecule has 1 amide bonds. The van der Waals surface area contributed by atoms with E-state index in [2.05, 4.69) is 47.8 Å². The Balaban J connectivity index is 2.88. The zero-order valence-electron chi connectivity index (χ0n) is 13.1. The summed E-state index contributed by atoms with van der Waals surface area (Å²) in [6.07, 6.45) is 4.78. The van der Waals surface area contributed by atoms with Crippen LogP contribution in [0.4, 0.5) is 0 Å². The highest BCUT2D eigenvalue weighted by atomic mass is 16.1. The fourth-order valence-corrected chi connectivity index (χ4v) is 3.82. The summed E-state index contributed by atoms with van der Waals surface area (Å²) >= 11 is 0. The average molecular weight is 251 g/mol. The Hall–Kier alpha value is -0.465. The molecule has 2 unspecified atom stereocenters. The average Bonchev–Trinajstić information content (AvgIpc) is 2.34. The van der Waals surface area contributed by atoms with Crippen molar-refractivity contribution < 1.29 is 4.79 Å². The Bertz CT molecular complexity index is 299. The van der Waals surface area contributed by atoms with E-state index in [0.717, 1.165) is 13.0 Å². The second-order valence-corrected chi connectivity index (χ2v) is 7.48. The number of unbranched alkanes of at least 4 members (excludes halogenated alkanes) is 1. The molecule has 0 bridgehead atoms. The van der Waals surface area contributed by atoms with Gasteiger partial charge >= 0.3 is 0 Å². The molecule has 18 heavy (non-hydrogen) atoms. The normalized spacial score (nSPS) is 28.6. The number of nitrogens with one attached hydrogen (secondary N) is 1. The first kappa shape index (κ1) is 15.6. The van der Waals surface area contributed by atoms with Gasteiger partial charge in [-0.3, -0.25) is 4.79 Å². The maximum absolute atomic E-state index is 11.9. The minimum atomic E-state index is 0.145. The van der Waals surface area contributed by atoms with Crippen LogP contribution in [0.15, 0.2) is 0 Å². The van der Waals surface area contributed by atoms with Gasteiger partial charge in [-0.15, -0.1) is 0 Å². The van der Waals surface area contributed by atoms with E-state index in [1.54, 1.807) is 0 Å². The SMILES string of the molecule is BC1CC(C)(C)C(C(C)(C)CCCC)CNC1=O. The highest BCUT2D eigenvalue weighted by Crippen LogP contribution is 2.47. The third-order valence-electron chi connectivity index (χ3n) is 4.82.